The number of likely N-dealkylation sites (N-methyl/N-ethyl adjacent to an activating group) is 1. The Balaban J connectivity index is 1.71. The molecule has 0 saturated heterocycles. The summed E-state index contributed by atoms with van der Waals surface area (Å²) in [5, 5.41) is 3.16. The van der Waals surface area contributed by atoms with Crippen LogP contribution in [0.25, 0.3) is 0 Å². The summed E-state index contributed by atoms with van der Waals surface area (Å²) in [6, 6.07) is 9.46. The van der Waals surface area contributed by atoms with Gasteiger partial charge in [-0.15, -0.1) is 0 Å². The number of ether oxygens (including phenoxy) is 2. The Morgan fingerprint density at radius 1 is 1.15 bits per heavy atom. The van der Waals surface area contributed by atoms with Crippen molar-refractivity contribution in [3.05, 3.63) is 47.0 Å². The molecule has 0 saturated carbocycles. The molecule has 3 rings (SSSR count). The lowest BCUT2D eigenvalue weighted by atomic mass is 10.2. The Bertz CT molecular complexity index is 978. The van der Waals surface area contributed by atoms with E-state index in [1.807, 2.05) is 6.92 Å². The molecular weight excluding hydrogens is 392 g/mol. The summed E-state index contributed by atoms with van der Waals surface area (Å²) >= 11 is 6.03. The van der Waals surface area contributed by atoms with Gasteiger partial charge in [0.2, 0.25) is 15.9 Å². The second kappa shape index (κ2) is 7.75. The van der Waals surface area contributed by atoms with Gasteiger partial charge in [-0.2, -0.15) is 4.31 Å². The topological polar surface area (TPSA) is 84.9 Å². The standard InChI is InChI=1S/C18H19ClN2O5S/c1-12-3-4-13(9-15(12)19)20-18(22)11-21(2)27(23,24)14-5-6-16-17(10-14)26-8-7-25-16/h3-6,9-10H,7-8,11H2,1-2H3,(H,20,22). The lowest BCUT2D eigenvalue weighted by Crippen LogP contribution is -2.35. The van der Waals surface area contributed by atoms with Gasteiger partial charge in [0.25, 0.3) is 0 Å². The molecule has 2 aromatic rings. The molecule has 1 amide bonds. The number of carbonyl (C=O) groups excluding carboxylic acids is 1. The summed E-state index contributed by atoms with van der Waals surface area (Å²) in [5.41, 5.74) is 1.38. The van der Waals surface area contributed by atoms with Crippen molar-refractivity contribution in [3.8, 4) is 11.5 Å². The van der Waals surface area contributed by atoms with E-state index in [0.717, 1.165) is 9.87 Å². The molecule has 0 bridgehead atoms. The first-order chi connectivity index (χ1) is 12.8. The first kappa shape index (κ1) is 19.5. The average Bonchev–Trinajstić information content (AvgIpc) is 2.64. The maximum Gasteiger partial charge on any atom is 0.243 e. The van der Waals surface area contributed by atoms with Crippen LogP contribution in [0.5, 0.6) is 11.5 Å². The van der Waals surface area contributed by atoms with Crippen molar-refractivity contribution in [2.24, 2.45) is 0 Å². The van der Waals surface area contributed by atoms with E-state index in [1.165, 1.54) is 19.2 Å². The number of amides is 1. The Hall–Kier alpha value is -2.29. The van der Waals surface area contributed by atoms with E-state index < -0.39 is 15.9 Å². The van der Waals surface area contributed by atoms with Crippen LogP contribution in [-0.4, -0.2) is 45.4 Å². The number of sulfonamides is 1. The monoisotopic (exact) mass is 410 g/mol. The quantitative estimate of drug-likeness (QED) is 0.819. The van der Waals surface area contributed by atoms with Crippen LogP contribution in [0, 0.1) is 6.92 Å². The molecule has 1 N–H and O–H groups in total. The zero-order chi connectivity index (χ0) is 19.6. The second-order valence-corrected chi connectivity index (χ2v) is 8.53. The van der Waals surface area contributed by atoms with E-state index in [9.17, 15) is 13.2 Å². The van der Waals surface area contributed by atoms with Crippen molar-refractivity contribution >= 4 is 33.2 Å². The van der Waals surface area contributed by atoms with Crippen LogP contribution in [0.3, 0.4) is 0 Å². The van der Waals surface area contributed by atoms with E-state index in [0.29, 0.717) is 35.4 Å². The zero-order valence-corrected chi connectivity index (χ0v) is 16.4. The zero-order valence-electron chi connectivity index (χ0n) is 14.9. The number of halogens is 1. The second-order valence-electron chi connectivity index (χ2n) is 6.08. The molecule has 0 atom stereocenters. The van der Waals surface area contributed by atoms with Gasteiger partial charge >= 0.3 is 0 Å². The highest BCUT2D eigenvalue weighted by Crippen LogP contribution is 2.33. The number of anilines is 1. The number of hydrogen-bond donors (Lipinski definition) is 1. The fourth-order valence-electron chi connectivity index (χ4n) is 2.52. The third-order valence-corrected chi connectivity index (χ3v) is 6.25. The predicted molar refractivity (Wildman–Crippen MR) is 102 cm³/mol. The fraction of sp³-hybridized carbons (Fsp3) is 0.278. The van der Waals surface area contributed by atoms with E-state index >= 15 is 0 Å². The lowest BCUT2D eigenvalue weighted by molar-refractivity contribution is -0.116. The number of aryl methyl sites for hydroxylation is 1. The van der Waals surface area contributed by atoms with Crippen LogP contribution in [0.2, 0.25) is 5.02 Å². The van der Waals surface area contributed by atoms with Gasteiger partial charge in [0.15, 0.2) is 11.5 Å². The van der Waals surface area contributed by atoms with Crippen molar-refractivity contribution in [3.63, 3.8) is 0 Å². The molecule has 2 aromatic carbocycles. The van der Waals surface area contributed by atoms with Crippen LogP contribution in [0.4, 0.5) is 5.69 Å². The van der Waals surface area contributed by atoms with Gasteiger partial charge in [-0.05, 0) is 36.8 Å². The molecule has 1 heterocycles. The highest BCUT2D eigenvalue weighted by Gasteiger charge is 2.25. The van der Waals surface area contributed by atoms with Crippen molar-refractivity contribution in [1.29, 1.82) is 0 Å². The normalized spacial score (nSPS) is 13.5. The molecule has 27 heavy (non-hydrogen) atoms. The highest BCUT2D eigenvalue weighted by atomic mass is 35.5. The van der Waals surface area contributed by atoms with Crippen molar-refractivity contribution in [1.82, 2.24) is 4.31 Å². The molecule has 144 valence electrons. The number of fused-ring (bicyclic) bond motifs is 1. The van der Waals surface area contributed by atoms with Crippen LogP contribution in [-0.2, 0) is 14.8 Å². The molecular formula is C18H19ClN2O5S. The minimum Gasteiger partial charge on any atom is -0.486 e. The Morgan fingerprint density at radius 3 is 2.56 bits per heavy atom. The molecule has 0 aliphatic carbocycles. The van der Waals surface area contributed by atoms with Crippen molar-refractivity contribution < 1.29 is 22.7 Å². The van der Waals surface area contributed by atoms with E-state index in [1.54, 1.807) is 24.3 Å². The van der Waals surface area contributed by atoms with Gasteiger partial charge in [-0.25, -0.2) is 8.42 Å². The van der Waals surface area contributed by atoms with Gasteiger partial charge in [-0.1, -0.05) is 17.7 Å². The molecule has 9 heteroatoms. The number of nitrogens with one attached hydrogen (secondary N) is 1. The molecule has 0 radical (unpaired) electrons. The number of rotatable bonds is 5. The third kappa shape index (κ3) is 4.35. The van der Waals surface area contributed by atoms with Crippen LogP contribution in [0.15, 0.2) is 41.3 Å². The first-order valence-electron chi connectivity index (χ1n) is 8.19. The maximum atomic E-state index is 12.7. The van der Waals surface area contributed by atoms with Crippen molar-refractivity contribution in [2.45, 2.75) is 11.8 Å². The van der Waals surface area contributed by atoms with Gasteiger partial charge in [0.05, 0.1) is 11.4 Å². The number of benzene rings is 2. The summed E-state index contributed by atoms with van der Waals surface area (Å²) in [7, 11) is -2.52. The molecule has 0 spiro atoms. The van der Waals surface area contributed by atoms with E-state index in [4.69, 9.17) is 21.1 Å². The maximum absolute atomic E-state index is 12.7. The molecule has 0 unspecified atom stereocenters. The van der Waals surface area contributed by atoms with Gasteiger partial charge in [-0.3, -0.25) is 4.79 Å². The molecule has 1 aliphatic heterocycles. The van der Waals surface area contributed by atoms with E-state index in [2.05, 4.69) is 5.32 Å². The number of carbonyl (C=O) groups is 1. The van der Waals surface area contributed by atoms with E-state index in [-0.39, 0.29) is 11.4 Å². The highest BCUT2D eigenvalue weighted by molar-refractivity contribution is 7.89. The van der Waals surface area contributed by atoms with Gasteiger partial charge in [0.1, 0.15) is 13.2 Å². The Kier molecular flexibility index (Phi) is 5.59. The number of hydrogen-bond acceptors (Lipinski definition) is 5. The summed E-state index contributed by atoms with van der Waals surface area (Å²) in [6.45, 7) is 2.28. The average molecular weight is 411 g/mol. The first-order valence-corrected chi connectivity index (χ1v) is 10.0. The Labute approximate surface area is 162 Å². The lowest BCUT2D eigenvalue weighted by Gasteiger charge is -2.21. The Morgan fingerprint density at radius 2 is 1.85 bits per heavy atom. The van der Waals surface area contributed by atoms with Crippen molar-refractivity contribution in [2.75, 3.05) is 32.1 Å². The summed E-state index contributed by atoms with van der Waals surface area (Å²) in [6.07, 6.45) is 0. The summed E-state index contributed by atoms with van der Waals surface area (Å²) in [4.78, 5) is 12.3. The van der Waals surface area contributed by atoms with Gasteiger partial charge < -0.3 is 14.8 Å². The fourth-order valence-corrected chi connectivity index (χ4v) is 3.85. The largest absolute Gasteiger partial charge is 0.486 e. The minimum atomic E-state index is -3.86. The van der Waals surface area contributed by atoms with Crippen LogP contribution in [0.1, 0.15) is 5.56 Å². The summed E-state index contributed by atoms with van der Waals surface area (Å²) < 4.78 is 37.3. The number of nitrogens with zero attached hydrogens (tertiary/aromatic N) is 1. The minimum absolute atomic E-state index is 0.0282. The molecule has 0 fully saturated rings. The smallest absolute Gasteiger partial charge is 0.243 e. The third-order valence-electron chi connectivity index (χ3n) is 4.04. The van der Waals surface area contributed by atoms with Gasteiger partial charge in [0, 0.05) is 23.8 Å². The van der Waals surface area contributed by atoms with Crippen LogP contribution < -0.4 is 14.8 Å². The van der Waals surface area contributed by atoms with Crippen LogP contribution >= 0.6 is 11.6 Å². The molecule has 7 nitrogen and oxygen atoms in total. The predicted octanol–water partition coefficient (Wildman–Crippen LogP) is 2.68. The SMILES string of the molecule is Cc1ccc(NC(=O)CN(C)S(=O)(=O)c2ccc3c(c2)OCCO3)cc1Cl. The molecule has 1 aliphatic rings. The molecule has 0 aromatic heterocycles. The summed E-state index contributed by atoms with van der Waals surface area (Å²) in [5.74, 6) is 0.393.